The quantitative estimate of drug-likeness (QED) is 0.865. The number of nitrogens with one attached hydrogen (secondary N) is 1. The van der Waals surface area contributed by atoms with Crippen molar-refractivity contribution in [1.82, 2.24) is 15.2 Å². The molecule has 0 unspecified atom stereocenters. The van der Waals surface area contributed by atoms with Crippen LogP contribution in [0.2, 0.25) is 0 Å². The van der Waals surface area contributed by atoms with Gasteiger partial charge in [0, 0.05) is 31.7 Å². The summed E-state index contributed by atoms with van der Waals surface area (Å²) in [5, 5.41) is 3.31. The maximum Gasteiger partial charge on any atom is 0.223 e. The van der Waals surface area contributed by atoms with Crippen LogP contribution in [0.25, 0.3) is 0 Å². The molecule has 1 heterocycles. The monoisotopic (exact) mass is 249 g/mol. The summed E-state index contributed by atoms with van der Waals surface area (Å²) in [5.41, 5.74) is 0.969. The summed E-state index contributed by atoms with van der Waals surface area (Å²) in [5.74, 6) is 0.136. The van der Waals surface area contributed by atoms with Crippen LogP contribution in [-0.2, 0) is 11.3 Å². The lowest BCUT2D eigenvalue weighted by atomic mass is 10.1. The SMILES string of the molecule is CN(Cc1ccccn1)C(=O)CCNC(C)(C)C. The molecule has 100 valence electrons. The molecule has 0 aromatic carbocycles. The molecule has 0 saturated heterocycles. The zero-order valence-corrected chi connectivity index (χ0v) is 11.7. The number of aromatic nitrogens is 1. The van der Waals surface area contributed by atoms with Gasteiger partial charge in [-0.3, -0.25) is 9.78 Å². The van der Waals surface area contributed by atoms with E-state index in [9.17, 15) is 4.79 Å². The molecule has 0 spiro atoms. The summed E-state index contributed by atoms with van der Waals surface area (Å²) in [6.07, 6.45) is 2.26. The Morgan fingerprint density at radius 2 is 2.11 bits per heavy atom. The number of amides is 1. The third-order valence-electron chi connectivity index (χ3n) is 2.55. The molecule has 0 fully saturated rings. The predicted octanol–water partition coefficient (Wildman–Crippen LogP) is 1.82. The minimum Gasteiger partial charge on any atom is -0.340 e. The van der Waals surface area contributed by atoms with Crippen LogP contribution >= 0.6 is 0 Å². The van der Waals surface area contributed by atoms with Crippen LogP contribution in [0.15, 0.2) is 24.4 Å². The molecular weight excluding hydrogens is 226 g/mol. The summed E-state index contributed by atoms with van der Waals surface area (Å²) in [6.45, 7) is 7.54. The molecule has 0 aliphatic heterocycles. The van der Waals surface area contributed by atoms with E-state index in [1.54, 1.807) is 11.1 Å². The summed E-state index contributed by atoms with van der Waals surface area (Å²) in [4.78, 5) is 17.8. The first-order chi connectivity index (χ1) is 8.38. The molecule has 1 rings (SSSR count). The van der Waals surface area contributed by atoms with Gasteiger partial charge in [-0.1, -0.05) is 6.07 Å². The Labute approximate surface area is 109 Å². The fraction of sp³-hybridized carbons (Fsp3) is 0.571. The highest BCUT2D eigenvalue weighted by Crippen LogP contribution is 2.02. The molecule has 1 N–H and O–H groups in total. The number of carbonyl (C=O) groups excluding carboxylic acids is 1. The third kappa shape index (κ3) is 5.77. The van der Waals surface area contributed by atoms with Crippen molar-refractivity contribution in [2.45, 2.75) is 39.3 Å². The predicted molar refractivity (Wildman–Crippen MR) is 73.1 cm³/mol. The van der Waals surface area contributed by atoms with E-state index in [0.717, 1.165) is 5.69 Å². The smallest absolute Gasteiger partial charge is 0.223 e. The van der Waals surface area contributed by atoms with Crippen LogP contribution in [-0.4, -0.2) is 34.9 Å². The molecule has 0 saturated carbocycles. The molecule has 1 aromatic heterocycles. The molecule has 1 aromatic rings. The van der Waals surface area contributed by atoms with E-state index >= 15 is 0 Å². The van der Waals surface area contributed by atoms with Gasteiger partial charge in [0.25, 0.3) is 0 Å². The first kappa shape index (κ1) is 14.6. The standard InChI is InChI=1S/C14H23N3O/c1-14(2,3)16-10-8-13(18)17(4)11-12-7-5-6-9-15-12/h5-7,9,16H,8,10-11H2,1-4H3. The van der Waals surface area contributed by atoms with Gasteiger partial charge < -0.3 is 10.2 Å². The maximum absolute atomic E-state index is 11.9. The highest BCUT2D eigenvalue weighted by atomic mass is 16.2. The molecule has 4 nitrogen and oxygen atoms in total. The van der Waals surface area contributed by atoms with Crippen molar-refractivity contribution in [2.24, 2.45) is 0 Å². The second kappa shape index (κ2) is 6.50. The van der Waals surface area contributed by atoms with Crippen LogP contribution in [0.4, 0.5) is 0 Å². The van der Waals surface area contributed by atoms with Crippen LogP contribution in [0, 0.1) is 0 Å². The minimum absolute atomic E-state index is 0.0554. The van der Waals surface area contributed by atoms with Crippen molar-refractivity contribution >= 4 is 5.91 Å². The van der Waals surface area contributed by atoms with Gasteiger partial charge in [-0.2, -0.15) is 0 Å². The summed E-state index contributed by atoms with van der Waals surface area (Å²) < 4.78 is 0. The normalized spacial score (nSPS) is 11.3. The number of nitrogens with zero attached hydrogens (tertiary/aromatic N) is 2. The first-order valence-electron chi connectivity index (χ1n) is 6.27. The fourth-order valence-corrected chi connectivity index (χ4v) is 1.56. The number of hydrogen-bond acceptors (Lipinski definition) is 3. The van der Waals surface area contributed by atoms with E-state index in [0.29, 0.717) is 19.5 Å². The van der Waals surface area contributed by atoms with E-state index in [1.165, 1.54) is 0 Å². The molecule has 0 atom stereocenters. The van der Waals surface area contributed by atoms with Crippen molar-refractivity contribution in [1.29, 1.82) is 0 Å². The van der Waals surface area contributed by atoms with Crippen molar-refractivity contribution < 1.29 is 4.79 Å². The lowest BCUT2D eigenvalue weighted by Crippen LogP contribution is -2.38. The Morgan fingerprint density at radius 1 is 1.39 bits per heavy atom. The molecular formula is C14H23N3O. The molecule has 0 aliphatic carbocycles. The third-order valence-corrected chi connectivity index (χ3v) is 2.55. The van der Waals surface area contributed by atoms with Gasteiger partial charge in [0.1, 0.15) is 0 Å². The van der Waals surface area contributed by atoms with E-state index < -0.39 is 0 Å². The van der Waals surface area contributed by atoms with Crippen molar-refractivity contribution in [3.8, 4) is 0 Å². The molecule has 0 aliphatic rings. The molecule has 0 radical (unpaired) electrons. The maximum atomic E-state index is 11.9. The van der Waals surface area contributed by atoms with Gasteiger partial charge in [-0.15, -0.1) is 0 Å². The van der Waals surface area contributed by atoms with E-state index in [1.807, 2.05) is 25.2 Å². The number of hydrogen-bond donors (Lipinski definition) is 1. The van der Waals surface area contributed by atoms with Gasteiger partial charge >= 0.3 is 0 Å². The average Bonchev–Trinajstić information content (AvgIpc) is 2.28. The van der Waals surface area contributed by atoms with Gasteiger partial charge in [0.05, 0.1) is 12.2 Å². The van der Waals surface area contributed by atoms with Gasteiger partial charge in [0.15, 0.2) is 0 Å². The summed E-state index contributed by atoms with van der Waals surface area (Å²) in [7, 11) is 1.81. The lowest BCUT2D eigenvalue weighted by molar-refractivity contribution is -0.130. The highest BCUT2D eigenvalue weighted by molar-refractivity contribution is 5.76. The highest BCUT2D eigenvalue weighted by Gasteiger charge is 2.12. The second-order valence-corrected chi connectivity index (χ2v) is 5.50. The second-order valence-electron chi connectivity index (χ2n) is 5.50. The number of rotatable bonds is 5. The van der Waals surface area contributed by atoms with Crippen molar-refractivity contribution in [2.75, 3.05) is 13.6 Å². The Balaban J connectivity index is 2.34. The van der Waals surface area contributed by atoms with E-state index in [-0.39, 0.29) is 11.4 Å². The fourth-order valence-electron chi connectivity index (χ4n) is 1.56. The zero-order valence-electron chi connectivity index (χ0n) is 11.7. The van der Waals surface area contributed by atoms with Crippen LogP contribution in [0.3, 0.4) is 0 Å². The van der Waals surface area contributed by atoms with E-state index in [4.69, 9.17) is 0 Å². The Kier molecular flexibility index (Phi) is 5.28. The first-order valence-corrected chi connectivity index (χ1v) is 6.27. The minimum atomic E-state index is 0.0554. The van der Waals surface area contributed by atoms with Gasteiger partial charge in [-0.25, -0.2) is 0 Å². The largest absolute Gasteiger partial charge is 0.340 e. The Hall–Kier alpha value is -1.42. The number of carbonyl (C=O) groups is 1. The average molecular weight is 249 g/mol. The topological polar surface area (TPSA) is 45.2 Å². The van der Waals surface area contributed by atoms with Crippen molar-refractivity contribution in [3.63, 3.8) is 0 Å². The van der Waals surface area contributed by atoms with Gasteiger partial charge in [0.2, 0.25) is 5.91 Å². The van der Waals surface area contributed by atoms with Crippen LogP contribution < -0.4 is 5.32 Å². The molecule has 0 bridgehead atoms. The van der Waals surface area contributed by atoms with Crippen molar-refractivity contribution in [3.05, 3.63) is 30.1 Å². The summed E-state index contributed by atoms with van der Waals surface area (Å²) >= 11 is 0. The summed E-state index contributed by atoms with van der Waals surface area (Å²) in [6, 6.07) is 5.73. The Morgan fingerprint density at radius 3 is 2.67 bits per heavy atom. The van der Waals surface area contributed by atoms with Crippen LogP contribution in [0.5, 0.6) is 0 Å². The zero-order chi connectivity index (χ0) is 13.6. The molecule has 18 heavy (non-hydrogen) atoms. The molecule has 1 amide bonds. The molecule has 4 heteroatoms. The van der Waals surface area contributed by atoms with Gasteiger partial charge in [-0.05, 0) is 32.9 Å². The number of pyridine rings is 1. The Bertz CT molecular complexity index is 370. The van der Waals surface area contributed by atoms with E-state index in [2.05, 4.69) is 31.1 Å². The van der Waals surface area contributed by atoms with Crippen LogP contribution in [0.1, 0.15) is 32.9 Å². The lowest BCUT2D eigenvalue weighted by Gasteiger charge is -2.22.